The van der Waals surface area contributed by atoms with E-state index >= 15 is 0 Å². The molecular weight excluding hydrogens is 408 g/mol. The third kappa shape index (κ3) is 4.65. The Hall–Kier alpha value is -2.46. The number of rotatable bonds is 5. The molecule has 1 saturated carbocycles. The summed E-state index contributed by atoms with van der Waals surface area (Å²) < 4.78 is 39.4. The Morgan fingerprint density at radius 1 is 1.17 bits per heavy atom. The molecule has 0 unspecified atom stereocenters. The first-order chi connectivity index (χ1) is 14.4. The second-order valence-corrected chi connectivity index (χ2v) is 9.51. The maximum Gasteiger partial charge on any atom is 0.265 e. The van der Waals surface area contributed by atoms with Crippen molar-refractivity contribution in [2.75, 3.05) is 11.5 Å². The van der Waals surface area contributed by atoms with Crippen LogP contribution in [0.3, 0.4) is 0 Å². The van der Waals surface area contributed by atoms with Gasteiger partial charge in [-0.15, -0.1) is 0 Å². The van der Waals surface area contributed by atoms with Gasteiger partial charge in [0.2, 0.25) is 15.9 Å². The van der Waals surface area contributed by atoms with E-state index in [0.29, 0.717) is 23.2 Å². The van der Waals surface area contributed by atoms with Crippen LogP contribution < -0.4 is 14.4 Å². The molecule has 1 aromatic heterocycles. The van der Waals surface area contributed by atoms with E-state index in [9.17, 15) is 13.2 Å². The standard InChI is InChI=1S/C20H26N4O5S/c1-14-21-19(22-29-14)12-24-17-11-16(9-10-18(17)28-13-20(24)25)30(26,27)23-15-7-5-3-2-4-6-8-15/h9-11,15,23H,2-8,12-13H2,1H3. The number of carbonyl (C=O) groups excluding carboxylic acids is 1. The molecule has 0 atom stereocenters. The summed E-state index contributed by atoms with van der Waals surface area (Å²) >= 11 is 0. The molecule has 1 N–H and O–H groups in total. The molecule has 1 aliphatic heterocycles. The Balaban J connectivity index is 1.58. The number of nitrogens with one attached hydrogen (secondary N) is 1. The number of aryl methyl sites for hydroxylation is 1. The summed E-state index contributed by atoms with van der Waals surface area (Å²) in [5.41, 5.74) is 0.384. The number of nitrogens with zero attached hydrogens (tertiary/aromatic N) is 3. The van der Waals surface area contributed by atoms with Crippen molar-refractivity contribution in [1.29, 1.82) is 0 Å². The summed E-state index contributed by atoms with van der Waals surface area (Å²) in [6.07, 6.45) is 7.23. The quantitative estimate of drug-likeness (QED) is 0.769. The average molecular weight is 435 g/mol. The van der Waals surface area contributed by atoms with Crippen LogP contribution in [0.2, 0.25) is 0 Å². The fourth-order valence-electron chi connectivity index (χ4n) is 3.93. The van der Waals surface area contributed by atoms with Crippen LogP contribution in [0.1, 0.15) is 56.7 Å². The first-order valence-corrected chi connectivity index (χ1v) is 11.8. The van der Waals surface area contributed by atoms with Gasteiger partial charge in [-0.1, -0.05) is 37.3 Å². The number of hydrogen-bond donors (Lipinski definition) is 1. The minimum Gasteiger partial charge on any atom is -0.482 e. The Kier molecular flexibility index (Phi) is 6.05. The maximum atomic E-state index is 13.0. The van der Waals surface area contributed by atoms with Gasteiger partial charge in [-0.05, 0) is 31.0 Å². The van der Waals surface area contributed by atoms with Crippen molar-refractivity contribution in [1.82, 2.24) is 14.9 Å². The summed E-state index contributed by atoms with van der Waals surface area (Å²) in [5.74, 6) is 0.882. The molecule has 0 saturated heterocycles. The number of fused-ring (bicyclic) bond motifs is 1. The molecule has 0 bridgehead atoms. The molecule has 2 aliphatic rings. The second-order valence-electron chi connectivity index (χ2n) is 7.79. The van der Waals surface area contributed by atoms with Crippen LogP contribution >= 0.6 is 0 Å². The van der Waals surface area contributed by atoms with Crippen molar-refractivity contribution in [2.24, 2.45) is 0 Å². The molecule has 1 fully saturated rings. The van der Waals surface area contributed by atoms with Gasteiger partial charge in [0.25, 0.3) is 5.91 Å². The van der Waals surface area contributed by atoms with Crippen molar-refractivity contribution in [3.8, 4) is 5.75 Å². The third-order valence-corrected chi connectivity index (χ3v) is 7.00. The summed E-state index contributed by atoms with van der Waals surface area (Å²) in [6, 6.07) is 4.51. The van der Waals surface area contributed by atoms with E-state index in [1.807, 2.05) is 0 Å². The fraction of sp³-hybridized carbons (Fsp3) is 0.550. The molecule has 1 aromatic carbocycles. The number of benzene rings is 1. The van der Waals surface area contributed by atoms with Crippen molar-refractivity contribution >= 4 is 21.6 Å². The smallest absolute Gasteiger partial charge is 0.265 e. The second kappa shape index (κ2) is 8.73. The van der Waals surface area contributed by atoms with E-state index in [0.717, 1.165) is 38.5 Å². The highest BCUT2D eigenvalue weighted by atomic mass is 32.2. The Bertz CT molecular complexity index is 1010. The summed E-state index contributed by atoms with van der Waals surface area (Å²) in [6.45, 7) is 1.61. The van der Waals surface area contributed by atoms with Crippen molar-refractivity contribution in [2.45, 2.75) is 69.4 Å². The Morgan fingerprint density at radius 3 is 2.60 bits per heavy atom. The molecule has 9 nitrogen and oxygen atoms in total. The number of sulfonamides is 1. The van der Waals surface area contributed by atoms with Crippen molar-refractivity contribution in [3.05, 3.63) is 29.9 Å². The van der Waals surface area contributed by atoms with E-state index < -0.39 is 10.0 Å². The molecule has 30 heavy (non-hydrogen) atoms. The lowest BCUT2D eigenvalue weighted by molar-refractivity contribution is -0.121. The zero-order valence-electron chi connectivity index (χ0n) is 17.0. The van der Waals surface area contributed by atoms with Gasteiger partial charge in [-0.2, -0.15) is 4.98 Å². The number of aromatic nitrogens is 2. The van der Waals surface area contributed by atoms with Crippen molar-refractivity contribution in [3.63, 3.8) is 0 Å². The topological polar surface area (TPSA) is 115 Å². The molecule has 162 valence electrons. The summed E-state index contributed by atoms with van der Waals surface area (Å²) in [5, 5.41) is 3.83. The molecule has 10 heteroatoms. The lowest BCUT2D eigenvalue weighted by Crippen LogP contribution is -2.39. The minimum absolute atomic E-state index is 0.0670. The highest BCUT2D eigenvalue weighted by molar-refractivity contribution is 7.89. The van der Waals surface area contributed by atoms with Gasteiger partial charge in [0.05, 0.1) is 17.1 Å². The van der Waals surface area contributed by atoms with Crippen LogP contribution in [0.25, 0.3) is 0 Å². The van der Waals surface area contributed by atoms with Gasteiger partial charge in [-0.25, -0.2) is 13.1 Å². The highest BCUT2D eigenvalue weighted by Crippen LogP contribution is 2.35. The number of anilines is 1. The largest absolute Gasteiger partial charge is 0.482 e. The van der Waals surface area contributed by atoms with Gasteiger partial charge >= 0.3 is 0 Å². The van der Waals surface area contributed by atoms with Crippen LogP contribution in [-0.2, 0) is 21.4 Å². The molecule has 4 rings (SSSR count). The molecule has 2 aromatic rings. The SMILES string of the molecule is Cc1nc(CN2C(=O)COc3ccc(S(=O)(=O)NC4CCCCCCC4)cc32)no1. The number of amides is 1. The van der Waals surface area contributed by atoms with Crippen LogP contribution in [0, 0.1) is 6.92 Å². The van der Waals surface area contributed by atoms with Gasteiger partial charge in [0, 0.05) is 13.0 Å². The van der Waals surface area contributed by atoms with Crippen LogP contribution in [-0.4, -0.2) is 37.1 Å². The number of ether oxygens (including phenoxy) is 1. The third-order valence-electron chi connectivity index (χ3n) is 5.48. The summed E-state index contributed by atoms with van der Waals surface area (Å²) in [7, 11) is -3.72. The van der Waals surface area contributed by atoms with E-state index in [1.165, 1.54) is 23.5 Å². The molecule has 0 spiro atoms. The molecular formula is C20H26N4O5S. The van der Waals surface area contributed by atoms with Gasteiger partial charge in [0.1, 0.15) is 5.75 Å². The van der Waals surface area contributed by atoms with Gasteiger partial charge < -0.3 is 9.26 Å². The highest BCUT2D eigenvalue weighted by Gasteiger charge is 2.29. The lowest BCUT2D eigenvalue weighted by Gasteiger charge is -2.29. The Labute approximate surface area is 175 Å². The first kappa shape index (κ1) is 20.8. The molecule has 1 amide bonds. The zero-order valence-corrected chi connectivity index (χ0v) is 17.8. The predicted octanol–water partition coefficient (Wildman–Crippen LogP) is 2.69. The zero-order chi connectivity index (χ0) is 21.1. The van der Waals surface area contributed by atoms with Crippen LogP contribution in [0.15, 0.2) is 27.6 Å². The minimum atomic E-state index is -3.72. The average Bonchev–Trinajstić information content (AvgIpc) is 3.10. The van der Waals surface area contributed by atoms with E-state index in [4.69, 9.17) is 9.26 Å². The molecule has 1 aliphatic carbocycles. The monoisotopic (exact) mass is 434 g/mol. The fourth-order valence-corrected chi connectivity index (χ4v) is 5.26. The number of hydrogen-bond acceptors (Lipinski definition) is 7. The van der Waals surface area contributed by atoms with Crippen molar-refractivity contribution < 1.29 is 22.5 Å². The normalized spacial score (nSPS) is 18.4. The number of carbonyl (C=O) groups is 1. The van der Waals surface area contributed by atoms with Gasteiger partial charge in [0.15, 0.2) is 12.4 Å². The van der Waals surface area contributed by atoms with E-state index in [1.54, 1.807) is 13.0 Å². The first-order valence-electron chi connectivity index (χ1n) is 10.3. The predicted molar refractivity (Wildman–Crippen MR) is 109 cm³/mol. The van der Waals surface area contributed by atoms with Crippen LogP contribution in [0.5, 0.6) is 5.75 Å². The van der Waals surface area contributed by atoms with E-state index in [-0.39, 0.29) is 30.0 Å². The lowest BCUT2D eigenvalue weighted by atomic mass is 9.97. The summed E-state index contributed by atoms with van der Waals surface area (Å²) in [4.78, 5) is 18.1. The van der Waals surface area contributed by atoms with Gasteiger partial charge in [-0.3, -0.25) is 9.69 Å². The van der Waals surface area contributed by atoms with Crippen LogP contribution in [0.4, 0.5) is 5.69 Å². The molecule has 2 heterocycles. The Morgan fingerprint density at radius 2 is 1.90 bits per heavy atom. The maximum absolute atomic E-state index is 13.0. The molecule has 0 radical (unpaired) electrons. The van der Waals surface area contributed by atoms with E-state index in [2.05, 4.69) is 14.9 Å².